The molecular formula is C19H28N2O2. The van der Waals surface area contributed by atoms with Crippen LogP contribution in [0, 0.1) is 0 Å². The molecule has 1 saturated heterocycles. The molecule has 0 unspecified atom stereocenters. The minimum absolute atomic E-state index is 0.220. The Morgan fingerprint density at radius 1 is 1.09 bits per heavy atom. The van der Waals surface area contributed by atoms with E-state index in [1.54, 1.807) is 7.11 Å². The van der Waals surface area contributed by atoms with Gasteiger partial charge in [-0.05, 0) is 18.9 Å². The van der Waals surface area contributed by atoms with Crippen molar-refractivity contribution in [2.24, 2.45) is 0 Å². The lowest BCUT2D eigenvalue weighted by Gasteiger charge is -2.40. The molecular weight excluding hydrogens is 288 g/mol. The Labute approximate surface area is 139 Å². The average molecular weight is 316 g/mol. The number of amides is 1. The van der Waals surface area contributed by atoms with Crippen molar-refractivity contribution in [2.45, 2.75) is 44.6 Å². The molecule has 2 aliphatic rings. The van der Waals surface area contributed by atoms with Crippen LogP contribution in [-0.4, -0.2) is 55.0 Å². The van der Waals surface area contributed by atoms with Gasteiger partial charge in [0.05, 0.1) is 13.5 Å². The fourth-order valence-electron chi connectivity index (χ4n) is 3.91. The molecule has 1 aromatic carbocycles. The highest BCUT2D eigenvalue weighted by Gasteiger charge is 2.27. The van der Waals surface area contributed by atoms with Gasteiger partial charge < -0.3 is 9.64 Å². The zero-order valence-corrected chi connectivity index (χ0v) is 14.2. The second kappa shape index (κ2) is 7.82. The number of hydrogen-bond acceptors (Lipinski definition) is 3. The smallest absolute Gasteiger partial charge is 0.227 e. The third kappa shape index (κ3) is 4.05. The van der Waals surface area contributed by atoms with E-state index in [9.17, 15) is 4.79 Å². The van der Waals surface area contributed by atoms with E-state index in [-0.39, 0.29) is 5.91 Å². The molecule has 1 saturated carbocycles. The van der Waals surface area contributed by atoms with Crippen LogP contribution < -0.4 is 4.74 Å². The maximum atomic E-state index is 12.6. The maximum absolute atomic E-state index is 12.6. The summed E-state index contributed by atoms with van der Waals surface area (Å²) >= 11 is 0. The number of para-hydroxylation sites is 1. The van der Waals surface area contributed by atoms with Gasteiger partial charge >= 0.3 is 0 Å². The molecule has 1 aromatic rings. The van der Waals surface area contributed by atoms with Crippen LogP contribution in [0.15, 0.2) is 24.3 Å². The fraction of sp³-hybridized carbons (Fsp3) is 0.632. The zero-order valence-electron chi connectivity index (χ0n) is 14.2. The van der Waals surface area contributed by atoms with Crippen LogP contribution in [0.2, 0.25) is 0 Å². The molecule has 23 heavy (non-hydrogen) atoms. The highest BCUT2D eigenvalue weighted by molar-refractivity contribution is 5.79. The monoisotopic (exact) mass is 316 g/mol. The lowest BCUT2D eigenvalue weighted by molar-refractivity contribution is -0.132. The van der Waals surface area contributed by atoms with Gasteiger partial charge in [0.1, 0.15) is 5.75 Å². The minimum Gasteiger partial charge on any atom is -0.496 e. The van der Waals surface area contributed by atoms with E-state index in [0.29, 0.717) is 6.42 Å². The van der Waals surface area contributed by atoms with E-state index in [0.717, 1.165) is 43.5 Å². The highest BCUT2D eigenvalue weighted by Crippen LogP contribution is 2.24. The molecule has 1 heterocycles. The average Bonchev–Trinajstić information content (AvgIpc) is 2.63. The molecule has 1 amide bonds. The molecule has 2 fully saturated rings. The van der Waals surface area contributed by atoms with E-state index in [1.165, 1.54) is 32.1 Å². The summed E-state index contributed by atoms with van der Waals surface area (Å²) in [6.07, 6.45) is 7.26. The van der Waals surface area contributed by atoms with Gasteiger partial charge in [-0.15, -0.1) is 0 Å². The lowest BCUT2D eigenvalue weighted by Crippen LogP contribution is -2.52. The quantitative estimate of drug-likeness (QED) is 0.856. The van der Waals surface area contributed by atoms with Crippen molar-refractivity contribution in [2.75, 3.05) is 33.3 Å². The molecule has 0 aromatic heterocycles. The van der Waals surface area contributed by atoms with Crippen LogP contribution in [-0.2, 0) is 11.2 Å². The van der Waals surface area contributed by atoms with Gasteiger partial charge in [0, 0.05) is 37.8 Å². The van der Waals surface area contributed by atoms with E-state index in [1.807, 2.05) is 29.2 Å². The fourth-order valence-corrected chi connectivity index (χ4v) is 3.91. The van der Waals surface area contributed by atoms with Crippen LogP contribution >= 0.6 is 0 Å². The highest BCUT2D eigenvalue weighted by atomic mass is 16.5. The minimum atomic E-state index is 0.220. The first-order valence-corrected chi connectivity index (χ1v) is 8.91. The van der Waals surface area contributed by atoms with Crippen molar-refractivity contribution < 1.29 is 9.53 Å². The summed E-state index contributed by atoms with van der Waals surface area (Å²) in [5, 5.41) is 0. The van der Waals surface area contributed by atoms with E-state index < -0.39 is 0 Å². The molecule has 126 valence electrons. The van der Waals surface area contributed by atoms with Crippen molar-refractivity contribution in [3.63, 3.8) is 0 Å². The summed E-state index contributed by atoms with van der Waals surface area (Å²) in [6.45, 7) is 3.79. The third-order valence-corrected chi connectivity index (χ3v) is 5.29. The van der Waals surface area contributed by atoms with Gasteiger partial charge in [-0.25, -0.2) is 0 Å². The maximum Gasteiger partial charge on any atom is 0.227 e. The van der Waals surface area contributed by atoms with Gasteiger partial charge in [-0.3, -0.25) is 9.69 Å². The topological polar surface area (TPSA) is 32.8 Å². The number of hydrogen-bond donors (Lipinski definition) is 0. The standard InChI is InChI=1S/C19H28N2O2/c1-23-18-10-6-5-7-16(18)15-19(22)21-13-11-20(12-14-21)17-8-3-2-4-9-17/h5-7,10,17H,2-4,8-9,11-15H2,1H3. The summed E-state index contributed by atoms with van der Waals surface area (Å²) in [4.78, 5) is 17.2. The number of rotatable bonds is 4. The van der Waals surface area contributed by atoms with Gasteiger partial charge in [0.2, 0.25) is 5.91 Å². The van der Waals surface area contributed by atoms with E-state index in [2.05, 4.69) is 4.90 Å². The van der Waals surface area contributed by atoms with Crippen molar-refractivity contribution in [1.82, 2.24) is 9.80 Å². The van der Waals surface area contributed by atoms with Crippen LogP contribution in [0.25, 0.3) is 0 Å². The summed E-state index contributed by atoms with van der Waals surface area (Å²) in [6, 6.07) is 8.57. The Bertz CT molecular complexity index is 518. The Kier molecular flexibility index (Phi) is 5.55. The van der Waals surface area contributed by atoms with Gasteiger partial charge in [0.25, 0.3) is 0 Å². The third-order valence-electron chi connectivity index (χ3n) is 5.29. The molecule has 1 aliphatic carbocycles. The second-order valence-corrected chi connectivity index (χ2v) is 6.70. The number of nitrogens with zero attached hydrogens (tertiary/aromatic N) is 2. The Balaban J connectivity index is 1.52. The zero-order chi connectivity index (χ0) is 16.1. The van der Waals surface area contributed by atoms with Crippen LogP contribution in [0.3, 0.4) is 0 Å². The molecule has 0 bridgehead atoms. The first-order chi connectivity index (χ1) is 11.3. The SMILES string of the molecule is COc1ccccc1CC(=O)N1CCN(C2CCCCC2)CC1. The van der Waals surface area contributed by atoms with E-state index in [4.69, 9.17) is 4.74 Å². The predicted octanol–water partition coefficient (Wildman–Crippen LogP) is 2.71. The molecule has 4 nitrogen and oxygen atoms in total. The van der Waals surface area contributed by atoms with Crippen molar-refractivity contribution >= 4 is 5.91 Å². The van der Waals surface area contributed by atoms with Crippen LogP contribution in [0.4, 0.5) is 0 Å². The first kappa shape index (κ1) is 16.3. The van der Waals surface area contributed by atoms with Crippen LogP contribution in [0.1, 0.15) is 37.7 Å². The number of benzene rings is 1. The number of ether oxygens (including phenoxy) is 1. The normalized spacial score (nSPS) is 20.5. The van der Waals surface area contributed by atoms with Crippen molar-refractivity contribution in [1.29, 1.82) is 0 Å². The Morgan fingerprint density at radius 3 is 2.48 bits per heavy atom. The largest absolute Gasteiger partial charge is 0.496 e. The lowest BCUT2D eigenvalue weighted by atomic mass is 9.94. The van der Waals surface area contributed by atoms with Crippen molar-refractivity contribution in [3.8, 4) is 5.75 Å². The number of carbonyl (C=O) groups excluding carboxylic acids is 1. The molecule has 0 atom stereocenters. The summed E-state index contributed by atoms with van der Waals surface area (Å²) in [7, 11) is 1.66. The number of methoxy groups -OCH3 is 1. The van der Waals surface area contributed by atoms with Gasteiger partial charge in [-0.1, -0.05) is 37.5 Å². The molecule has 3 rings (SSSR count). The molecule has 0 spiro atoms. The predicted molar refractivity (Wildman–Crippen MR) is 91.7 cm³/mol. The van der Waals surface area contributed by atoms with Crippen molar-refractivity contribution in [3.05, 3.63) is 29.8 Å². The summed E-state index contributed by atoms with van der Waals surface area (Å²) in [5.74, 6) is 1.03. The van der Waals surface area contributed by atoms with Gasteiger partial charge in [0.15, 0.2) is 0 Å². The van der Waals surface area contributed by atoms with Crippen LogP contribution in [0.5, 0.6) is 5.75 Å². The molecule has 1 aliphatic heterocycles. The van der Waals surface area contributed by atoms with E-state index >= 15 is 0 Å². The first-order valence-electron chi connectivity index (χ1n) is 8.91. The number of piperazine rings is 1. The Hall–Kier alpha value is -1.55. The summed E-state index contributed by atoms with van der Waals surface area (Å²) in [5.41, 5.74) is 0.981. The second-order valence-electron chi connectivity index (χ2n) is 6.70. The number of carbonyl (C=O) groups is 1. The molecule has 0 radical (unpaired) electrons. The summed E-state index contributed by atoms with van der Waals surface area (Å²) < 4.78 is 5.35. The Morgan fingerprint density at radius 2 is 1.78 bits per heavy atom. The molecule has 0 N–H and O–H groups in total. The van der Waals surface area contributed by atoms with Gasteiger partial charge in [-0.2, -0.15) is 0 Å². The molecule has 4 heteroatoms.